The molecular weight excluding hydrogens is 214 g/mol. The fourth-order valence-electron chi connectivity index (χ4n) is 2.40. The quantitative estimate of drug-likeness (QED) is 0.857. The molecule has 0 saturated heterocycles. The molecule has 0 bridgehead atoms. The molecule has 0 saturated carbocycles. The summed E-state index contributed by atoms with van der Waals surface area (Å²) >= 11 is 0. The first-order valence-corrected chi connectivity index (χ1v) is 5.94. The summed E-state index contributed by atoms with van der Waals surface area (Å²) < 4.78 is 5.03. The number of nitrogens with two attached hydrogens (primary N) is 1. The monoisotopic (exact) mass is 229 g/mol. The molecule has 1 atom stereocenters. The normalized spacial score (nSPS) is 18.4. The summed E-state index contributed by atoms with van der Waals surface area (Å²) in [5.41, 5.74) is 9.34. The van der Waals surface area contributed by atoms with Gasteiger partial charge in [-0.15, -0.1) is 0 Å². The van der Waals surface area contributed by atoms with Crippen LogP contribution in [-0.4, -0.2) is 10.1 Å². The summed E-state index contributed by atoms with van der Waals surface area (Å²) in [6.45, 7) is 2.55. The zero-order chi connectivity index (χ0) is 11.8. The molecule has 1 aromatic heterocycles. The number of aromatic nitrogens is 2. The van der Waals surface area contributed by atoms with Crippen molar-refractivity contribution >= 4 is 0 Å². The minimum atomic E-state index is 0.286. The van der Waals surface area contributed by atoms with Crippen molar-refractivity contribution in [1.82, 2.24) is 10.1 Å². The summed E-state index contributed by atoms with van der Waals surface area (Å²) in [6, 6.07) is 6.41. The molecule has 0 aliphatic heterocycles. The van der Waals surface area contributed by atoms with Crippen LogP contribution in [0.2, 0.25) is 0 Å². The van der Waals surface area contributed by atoms with E-state index in [1.807, 2.05) is 0 Å². The van der Waals surface area contributed by atoms with Crippen molar-refractivity contribution in [2.24, 2.45) is 5.73 Å². The smallest absolute Gasteiger partial charge is 0.240 e. The van der Waals surface area contributed by atoms with Gasteiger partial charge in [-0.2, -0.15) is 4.98 Å². The average molecular weight is 229 g/mol. The van der Waals surface area contributed by atoms with Crippen molar-refractivity contribution in [3.63, 3.8) is 0 Å². The predicted molar refractivity (Wildman–Crippen MR) is 64.4 cm³/mol. The van der Waals surface area contributed by atoms with Crippen molar-refractivity contribution in [2.75, 3.05) is 0 Å². The van der Waals surface area contributed by atoms with Gasteiger partial charge in [0.1, 0.15) is 0 Å². The highest BCUT2D eigenvalue weighted by Gasteiger charge is 2.19. The molecule has 17 heavy (non-hydrogen) atoms. The minimum absolute atomic E-state index is 0.286. The van der Waals surface area contributed by atoms with Crippen LogP contribution in [0.5, 0.6) is 0 Å². The molecule has 88 valence electrons. The van der Waals surface area contributed by atoms with Crippen LogP contribution in [0.15, 0.2) is 22.7 Å². The van der Waals surface area contributed by atoms with Crippen LogP contribution in [0.1, 0.15) is 36.3 Å². The van der Waals surface area contributed by atoms with Crippen molar-refractivity contribution < 1.29 is 4.52 Å². The Hall–Kier alpha value is -1.68. The van der Waals surface area contributed by atoms with Crippen LogP contribution >= 0.6 is 0 Å². The summed E-state index contributed by atoms with van der Waals surface area (Å²) in [5.74, 6) is 1.74. The molecule has 3 rings (SSSR count). The Morgan fingerprint density at radius 1 is 1.47 bits per heavy atom. The van der Waals surface area contributed by atoms with Gasteiger partial charge in [0, 0.05) is 5.56 Å². The lowest BCUT2D eigenvalue weighted by Gasteiger charge is -2.05. The first-order chi connectivity index (χ1) is 8.28. The van der Waals surface area contributed by atoms with Gasteiger partial charge in [0.2, 0.25) is 11.7 Å². The lowest BCUT2D eigenvalue weighted by molar-refractivity contribution is 0.380. The third-order valence-corrected chi connectivity index (χ3v) is 3.42. The first kappa shape index (κ1) is 10.5. The number of nitrogens with zero attached hydrogens (tertiary/aromatic N) is 2. The largest absolute Gasteiger partial charge is 0.338 e. The van der Waals surface area contributed by atoms with Gasteiger partial charge in [-0.05, 0) is 36.0 Å². The number of aryl methyl sites for hydroxylation is 1. The molecule has 0 spiro atoms. The van der Waals surface area contributed by atoms with Crippen LogP contribution in [0, 0.1) is 0 Å². The zero-order valence-corrected chi connectivity index (χ0v) is 9.81. The van der Waals surface area contributed by atoms with E-state index in [-0.39, 0.29) is 6.54 Å². The third-order valence-electron chi connectivity index (χ3n) is 3.42. The van der Waals surface area contributed by atoms with E-state index in [0.29, 0.717) is 17.6 Å². The highest BCUT2D eigenvalue weighted by molar-refractivity contribution is 5.58. The molecule has 2 aromatic rings. The van der Waals surface area contributed by atoms with Gasteiger partial charge in [0.05, 0.1) is 6.54 Å². The maximum absolute atomic E-state index is 5.46. The molecule has 0 radical (unpaired) electrons. The maximum Gasteiger partial charge on any atom is 0.240 e. The number of fused-ring (bicyclic) bond motifs is 1. The van der Waals surface area contributed by atoms with Crippen molar-refractivity contribution in [2.45, 2.75) is 32.2 Å². The van der Waals surface area contributed by atoms with Crippen LogP contribution in [0.4, 0.5) is 0 Å². The maximum atomic E-state index is 5.46. The van der Waals surface area contributed by atoms with Crippen molar-refractivity contribution in [1.29, 1.82) is 0 Å². The summed E-state index contributed by atoms with van der Waals surface area (Å²) in [4.78, 5) is 4.25. The molecule has 1 aliphatic carbocycles. The highest BCUT2D eigenvalue weighted by Crippen LogP contribution is 2.34. The van der Waals surface area contributed by atoms with Crippen molar-refractivity contribution in [3.05, 3.63) is 35.2 Å². The topological polar surface area (TPSA) is 64.9 Å². The van der Waals surface area contributed by atoms with Crippen LogP contribution in [0.3, 0.4) is 0 Å². The lowest BCUT2D eigenvalue weighted by atomic mass is 10.0. The van der Waals surface area contributed by atoms with Gasteiger partial charge < -0.3 is 10.3 Å². The molecule has 1 aromatic carbocycles. The molecule has 1 heterocycles. The van der Waals surface area contributed by atoms with Gasteiger partial charge >= 0.3 is 0 Å². The standard InChI is InChI=1S/C13H15N3O/c1-8-2-3-9-4-5-10(6-11(8)9)13-15-12(7-14)17-16-13/h4-6,8H,2-3,7,14H2,1H3. The van der Waals surface area contributed by atoms with E-state index >= 15 is 0 Å². The van der Waals surface area contributed by atoms with E-state index in [1.165, 1.54) is 24.0 Å². The fraction of sp³-hybridized carbons (Fsp3) is 0.385. The number of hydrogen-bond donors (Lipinski definition) is 1. The Bertz CT molecular complexity index is 547. The molecule has 0 fully saturated rings. The molecule has 1 aliphatic rings. The van der Waals surface area contributed by atoms with Gasteiger partial charge in [-0.3, -0.25) is 0 Å². The van der Waals surface area contributed by atoms with Crippen LogP contribution in [0.25, 0.3) is 11.4 Å². The Labute approximate surface area is 99.8 Å². The third kappa shape index (κ3) is 1.74. The van der Waals surface area contributed by atoms with Gasteiger partial charge in [-0.25, -0.2) is 0 Å². The summed E-state index contributed by atoms with van der Waals surface area (Å²) in [5, 5.41) is 3.94. The Balaban J connectivity index is 2.01. The van der Waals surface area contributed by atoms with Crippen LogP contribution in [-0.2, 0) is 13.0 Å². The SMILES string of the molecule is CC1CCc2ccc(-c3noc(CN)n3)cc21. The molecule has 4 nitrogen and oxygen atoms in total. The molecule has 0 amide bonds. The van der Waals surface area contributed by atoms with E-state index in [4.69, 9.17) is 10.3 Å². The molecule has 2 N–H and O–H groups in total. The van der Waals surface area contributed by atoms with E-state index in [2.05, 4.69) is 35.3 Å². The summed E-state index contributed by atoms with van der Waals surface area (Å²) in [7, 11) is 0. The minimum Gasteiger partial charge on any atom is -0.338 e. The first-order valence-electron chi connectivity index (χ1n) is 5.94. The van der Waals surface area contributed by atoms with Gasteiger partial charge in [-0.1, -0.05) is 24.2 Å². The Kier molecular flexibility index (Phi) is 2.44. The van der Waals surface area contributed by atoms with Gasteiger partial charge in [0.25, 0.3) is 0 Å². The van der Waals surface area contributed by atoms with Gasteiger partial charge in [0.15, 0.2) is 0 Å². The second-order valence-corrected chi connectivity index (χ2v) is 4.57. The predicted octanol–water partition coefficient (Wildman–Crippen LogP) is 2.25. The second kappa shape index (κ2) is 3.96. The van der Waals surface area contributed by atoms with E-state index in [0.717, 1.165) is 5.56 Å². The molecule has 1 unspecified atom stereocenters. The van der Waals surface area contributed by atoms with E-state index in [1.54, 1.807) is 0 Å². The fourth-order valence-corrected chi connectivity index (χ4v) is 2.40. The van der Waals surface area contributed by atoms with E-state index in [9.17, 15) is 0 Å². The van der Waals surface area contributed by atoms with Crippen LogP contribution < -0.4 is 5.73 Å². The second-order valence-electron chi connectivity index (χ2n) is 4.57. The zero-order valence-electron chi connectivity index (χ0n) is 9.81. The number of rotatable bonds is 2. The Morgan fingerprint density at radius 2 is 2.35 bits per heavy atom. The summed E-state index contributed by atoms with van der Waals surface area (Å²) in [6.07, 6.45) is 2.41. The lowest BCUT2D eigenvalue weighted by Crippen LogP contribution is -1.95. The van der Waals surface area contributed by atoms with E-state index < -0.39 is 0 Å². The number of benzene rings is 1. The highest BCUT2D eigenvalue weighted by atomic mass is 16.5. The Morgan fingerprint density at radius 3 is 3.12 bits per heavy atom. The van der Waals surface area contributed by atoms with Crippen molar-refractivity contribution in [3.8, 4) is 11.4 Å². The number of hydrogen-bond acceptors (Lipinski definition) is 4. The molecule has 4 heteroatoms. The molecular formula is C13H15N3O. The average Bonchev–Trinajstić information content (AvgIpc) is 2.96.